The summed E-state index contributed by atoms with van der Waals surface area (Å²) in [5.74, 6) is 0.125. The summed E-state index contributed by atoms with van der Waals surface area (Å²) in [5.41, 5.74) is 1.68. The number of carbonyl (C=O) groups is 1. The summed E-state index contributed by atoms with van der Waals surface area (Å²) in [4.78, 5) is 20.9. The van der Waals surface area contributed by atoms with Gasteiger partial charge in [0, 0.05) is 45.1 Å². The number of β-amino-alcohol motifs (C(OH)–C–C–N with tert-alkyl or cyclic N) is 1. The van der Waals surface area contributed by atoms with Crippen LogP contribution in [0.3, 0.4) is 0 Å². The maximum Gasteiger partial charge on any atom is 0.228 e. The topological polar surface area (TPSA) is 61.1 Å². The number of imidazole rings is 1. The third-order valence-electron chi connectivity index (χ3n) is 3.99. The first-order chi connectivity index (χ1) is 10.6. The SMILES string of the molecule is CC(O)CN1CCN(C(=O)Cc2cn3ccccc3n2)CC1. The Bertz CT molecular complexity index is 611. The molecule has 0 aromatic carbocycles. The van der Waals surface area contributed by atoms with E-state index in [1.807, 2.05) is 39.9 Å². The number of piperazine rings is 1. The van der Waals surface area contributed by atoms with E-state index < -0.39 is 0 Å². The Morgan fingerprint density at radius 3 is 2.77 bits per heavy atom. The number of aliphatic hydroxyl groups excluding tert-OH is 1. The monoisotopic (exact) mass is 302 g/mol. The van der Waals surface area contributed by atoms with Gasteiger partial charge in [0.1, 0.15) is 5.65 Å². The van der Waals surface area contributed by atoms with Gasteiger partial charge in [-0.3, -0.25) is 9.69 Å². The van der Waals surface area contributed by atoms with Crippen LogP contribution < -0.4 is 0 Å². The molecule has 3 heterocycles. The van der Waals surface area contributed by atoms with Crippen molar-refractivity contribution < 1.29 is 9.90 Å². The fourth-order valence-electron chi connectivity index (χ4n) is 2.89. The number of carbonyl (C=O) groups excluding carboxylic acids is 1. The molecule has 1 aliphatic rings. The number of fused-ring (bicyclic) bond motifs is 1. The Morgan fingerprint density at radius 1 is 1.32 bits per heavy atom. The van der Waals surface area contributed by atoms with Gasteiger partial charge >= 0.3 is 0 Å². The minimum atomic E-state index is -0.319. The second-order valence-electron chi connectivity index (χ2n) is 5.91. The van der Waals surface area contributed by atoms with Gasteiger partial charge in [-0.25, -0.2) is 4.98 Å². The van der Waals surface area contributed by atoms with E-state index in [-0.39, 0.29) is 12.0 Å². The number of aliphatic hydroxyl groups is 1. The average molecular weight is 302 g/mol. The van der Waals surface area contributed by atoms with E-state index in [2.05, 4.69) is 9.88 Å². The summed E-state index contributed by atoms with van der Waals surface area (Å²) >= 11 is 0. The van der Waals surface area contributed by atoms with Crippen molar-refractivity contribution in [3.05, 3.63) is 36.3 Å². The summed E-state index contributed by atoms with van der Waals surface area (Å²) in [6.07, 6.45) is 3.88. The number of nitrogens with zero attached hydrogens (tertiary/aromatic N) is 4. The molecule has 0 spiro atoms. The minimum absolute atomic E-state index is 0.125. The third-order valence-corrected chi connectivity index (χ3v) is 3.99. The molecule has 3 rings (SSSR count). The lowest BCUT2D eigenvalue weighted by Gasteiger charge is -2.35. The Kier molecular flexibility index (Phi) is 4.40. The molecule has 1 saturated heterocycles. The van der Waals surface area contributed by atoms with Crippen molar-refractivity contribution in [1.29, 1.82) is 0 Å². The van der Waals surface area contributed by atoms with Gasteiger partial charge in [0.2, 0.25) is 5.91 Å². The van der Waals surface area contributed by atoms with Crippen molar-refractivity contribution in [2.24, 2.45) is 0 Å². The van der Waals surface area contributed by atoms with E-state index in [0.717, 1.165) is 37.5 Å². The van der Waals surface area contributed by atoms with E-state index in [0.29, 0.717) is 13.0 Å². The fourth-order valence-corrected chi connectivity index (χ4v) is 2.89. The molecule has 1 N–H and O–H groups in total. The van der Waals surface area contributed by atoms with E-state index >= 15 is 0 Å². The zero-order chi connectivity index (χ0) is 15.5. The lowest BCUT2D eigenvalue weighted by atomic mass is 10.2. The Balaban J connectivity index is 1.56. The lowest BCUT2D eigenvalue weighted by Crippen LogP contribution is -2.50. The number of hydrogen-bond donors (Lipinski definition) is 1. The summed E-state index contributed by atoms with van der Waals surface area (Å²) in [6, 6.07) is 5.82. The van der Waals surface area contributed by atoms with E-state index in [1.165, 1.54) is 0 Å². The number of hydrogen-bond acceptors (Lipinski definition) is 4. The van der Waals surface area contributed by atoms with Gasteiger partial charge in [0.15, 0.2) is 0 Å². The molecule has 1 unspecified atom stereocenters. The van der Waals surface area contributed by atoms with E-state index in [1.54, 1.807) is 6.92 Å². The van der Waals surface area contributed by atoms with Crippen LogP contribution >= 0.6 is 0 Å². The van der Waals surface area contributed by atoms with E-state index in [4.69, 9.17) is 0 Å². The molecule has 1 fully saturated rings. The number of pyridine rings is 1. The highest BCUT2D eigenvalue weighted by Gasteiger charge is 2.22. The van der Waals surface area contributed by atoms with Crippen molar-refractivity contribution in [2.45, 2.75) is 19.4 Å². The van der Waals surface area contributed by atoms with Crippen LogP contribution in [0.25, 0.3) is 5.65 Å². The summed E-state index contributed by atoms with van der Waals surface area (Å²) < 4.78 is 1.93. The first-order valence-corrected chi connectivity index (χ1v) is 7.72. The summed E-state index contributed by atoms with van der Waals surface area (Å²) in [7, 11) is 0. The van der Waals surface area contributed by atoms with Crippen LogP contribution in [-0.4, -0.2) is 69.0 Å². The normalized spacial score (nSPS) is 17.8. The number of aromatic nitrogens is 2. The Hall–Kier alpha value is -1.92. The molecule has 1 amide bonds. The zero-order valence-corrected chi connectivity index (χ0v) is 12.9. The highest BCUT2D eigenvalue weighted by Crippen LogP contribution is 2.09. The minimum Gasteiger partial charge on any atom is -0.392 e. The summed E-state index contributed by atoms with van der Waals surface area (Å²) in [5, 5.41) is 9.41. The van der Waals surface area contributed by atoms with Gasteiger partial charge < -0.3 is 14.4 Å². The molecule has 22 heavy (non-hydrogen) atoms. The fraction of sp³-hybridized carbons (Fsp3) is 0.500. The molecule has 2 aromatic heterocycles. The van der Waals surface area contributed by atoms with Gasteiger partial charge in [0.25, 0.3) is 0 Å². The quantitative estimate of drug-likeness (QED) is 0.888. The molecule has 6 nitrogen and oxygen atoms in total. The highest BCUT2D eigenvalue weighted by atomic mass is 16.3. The average Bonchev–Trinajstić information content (AvgIpc) is 2.89. The van der Waals surface area contributed by atoms with Crippen molar-refractivity contribution in [2.75, 3.05) is 32.7 Å². The predicted molar refractivity (Wildman–Crippen MR) is 83.6 cm³/mol. The third kappa shape index (κ3) is 3.45. The highest BCUT2D eigenvalue weighted by molar-refractivity contribution is 5.78. The van der Waals surface area contributed by atoms with Crippen molar-refractivity contribution in [1.82, 2.24) is 19.2 Å². The molecule has 118 valence electrons. The number of rotatable bonds is 4. The Morgan fingerprint density at radius 2 is 2.09 bits per heavy atom. The van der Waals surface area contributed by atoms with Gasteiger partial charge in [-0.1, -0.05) is 6.07 Å². The lowest BCUT2D eigenvalue weighted by molar-refractivity contribution is -0.132. The van der Waals surface area contributed by atoms with Crippen LogP contribution in [0.15, 0.2) is 30.6 Å². The van der Waals surface area contributed by atoms with Crippen LogP contribution in [0.4, 0.5) is 0 Å². The first-order valence-electron chi connectivity index (χ1n) is 7.72. The largest absolute Gasteiger partial charge is 0.392 e. The number of amides is 1. The van der Waals surface area contributed by atoms with Gasteiger partial charge in [-0.15, -0.1) is 0 Å². The summed E-state index contributed by atoms with van der Waals surface area (Å²) in [6.45, 7) is 5.55. The standard InChI is InChI=1S/C16H22N4O2/c1-13(21)11-18-6-8-19(9-7-18)16(22)10-14-12-20-5-3-2-4-15(20)17-14/h2-5,12-13,21H,6-11H2,1H3. The maximum atomic E-state index is 12.4. The van der Waals surface area contributed by atoms with Crippen LogP contribution in [0.2, 0.25) is 0 Å². The molecule has 0 saturated carbocycles. The van der Waals surface area contributed by atoms with Crippen LogP contribution in [-0.2, 0) is 11.2 Å². The maximum absolute atomic E-state index is 12.4. The molecule has 0 aliphatic carbocycles. The zero-order valence-electron chi connectivity index (χ0n) is 12.9. The van der Waals surface area contributed by atoms with Crippen LogP contribution in [0.5, 0.6) is 0 Å². The first kappa shape index (κ1) is 15.0. The van der Waals surface area contributed by atoms with Crippen molar-refractivity contribution in [3.8, 4) is 0 Å². The molecule has 0 radical (unpaired) electrons. The van der Waals surface area contributed by atoms with Gasteiger partial charge in [0.05, 0.1) is 18.2 Å². The Labute approximate surface area is 130 Å². The smallest absolute Gasteiger partial charge is 0.228 e. The molecule has 0 bridgehead atoms. The van der Waals surface area contributed by atoms with Gasteiger partial charge in [-0.2, -0.15) is 0 Å². The molecule has 2 aromatic rings. The van der Waals surface area contributed by atoms with Crippen LogP contribution in [0, 0.1) is 0 Å². The molecular formula is C16H22N4O2. The molecule has 1 aliphatic heterocycles. The van der Waals surface area contributed by atoms with Gasteiger partial charge in [-0.05, 0) is 19.1 Å². The van der Waals surface area contributed by atoms with Crippen molar-refractivity contribution in [3.63, 3.8) is 0 Å². The molecule has 6 heteroatoms. The van der Waals surface area contributed by atoms with Crippen LogP contribution in [0.1, 0.15) is 12.6 Å². The molecular weight excluding hydrogens is 280 g/mol. The predicted octanol–water partition coefficient (Wildman–Crippen LogP) is 0.402. The van der Waals surface area contributed by atoms with Crippen molar-refractivity contribution >= 4 is 11.6 Å². The molecule has 1 atom stereocenters. The second-order valence-corrected chi connectivity index (χ2v) is 5.91. The van der Waals surface area contributed by atoms with E-state index in [9.17, 15) is 9.90 Å². The second kappa shape index (κ2) is 6.46.